The Labute approximate surface area is 115 Å². The van der Waals surface area contributed by atoms with Crippen molar-refractivity contribution in [1.82, 2.24) is 15.3 Å². The van der Waals surface area contributed by atoms with Crippen LogP contribution in [0.4, 0.5) is 5.82 Å². The lowest BCUT2D eigenvalue weighted by molar-refractivity contribution is -0.132. The lowest BCUT2D eigenvalue weighted by Gasteiger charge is -2.32. The molecule has 0 spiro atoms. The lowest BCUT2D eigenvalue weighted by Crippen LogP contribution is -2.57. The van der Waals surface area contributed by atoms with Gasteiger partial charge in [0.2, 0.25) is 11.8 Å². The minimum atomic E-state index is -0.448. The van der Waals surface area contributed by atoms with Gasteiger partial charge in [-0.2, -0.15) is 0 Å². The van der Waals surface area contributed by atoms with Gasteiger partial charge < -0.3 is 4.90 Å². The van der Waals surface area contributed by atoms with Crippen LogP contribution in [0.2, 0.25) is 5.15 Å². The molecule has 1 aromatic heterocycles. The molecule has 1 aromatic rings. The van der Waals surface area contributed by atoms with Crippen LogP contribution in [0, 0.1) is 0 Å². The maximum Gasteiger partial charge on any atom is 0.249 e. The Morgan fingerprint density at radius 2 is 2.11 bits per heavy atom. The fourth-order valence-electron chi connectivity index (χ4n) is 2.09. The van der Waals surface area contributed by atoms with E-state index in [2.05, 4.69) is 15.3 Å². The molecule has 2 fully saturated rings. The van der Waals surface area contributed by atoms with Gasteiger partial charge in [-0.25, -0.2) is 9.97 Å². The molecule has 1 atom stereocenters. The molecule has 6 nitrogen and oxygen atoms in total. The number of halogens is 1. The van der Waals surface area contributed by atoms with Crippen LogP contribution < -0.4 is 10.2 Å². The summed E-state index contributed by atoms with van der Waals surface area (Å²) < 4.78 is 0. The van der Waals surface area contributed by atoms with Crippen LogP contribution in [0.1, 0.15) is 31.5 Å². The first kappa shape index (κ1) is 12.3. The summed E-state index contributed by atoms with van der Waals surface area (Å²) in [7, 11) is 0. The molecule has 3 rings (SSSR count). The van der Waals surface area contributed by atoms with Crippen LogP contribution in [-0.4, -0.2) is 34.4 Å². The Morgan fingerprint density at radius 1 is 1.37 bits per heavy atom. The van der Waals surface area contributed by atoms with E-state index in [0.717, 1.165) is 12.8 Å². The van der Waals surface area contributed by atoms with Crippen molar-refractivity contribution in [2.24, 2.45) is 0 Å². The Bertz CT molecular complexity index is 559. The number of hydrogen-bond donors (Lipinski definition) is 1. The first-order valence-electron chi connectivity index (χ1n) is 6.19. The predicted molar refractivity (Wildman–Crippen MR) is 69.0 cm³/mol. The third-order valence-corrected chi connectivity index (χ3v) is 3.55. The normalized spacial score (nSPS) is 23.5. The molecule has 100 valence electrons. The summed E-state index contributed by atoms with van der Waals surface area (Å²) in [5, 5.41) is 2.64. The highest BCUT2D eigenvalue weighted by Gasteiger charge is 2.33. The fraction of sp³-hybridized carbons (Fsp3) is 0.500. The second-order valence-electron chi connectivity index (χ2n) is 4.90. The van der Waals surface area contributed by atoms with Crippen LogP contribution in [0.5, 0.6) is 0 Å². The van der Waals surface area contributed by atoms with E-state index in [-0.39, 0.29) is 18.4 Å². The van der Waals surface area contributed by atoms with E-state index in [4.69, 9.17) is 11.6 Å². The largest absolute Gasteiger partial charge is 0.335 e. The Kier molecular flexibility index (Phi) is 2.89. The van der Waals surface area contributed by atoms with Gasteiger partial charge in [0.15, 0.2) is 0 Å². The number of carbonyl (C=O) groups excluding carboxylic acids is 2. The molecule has 2 aliphatic rings. The minimum absolute atomic E-state index is 0.102. The average molecular weight is 281 g/mol. The zero-order chi connectivity index (χ0) is 13.6. The Balaban J connectivity index is 1.95. The number of piperazine rings is 1. The molecule has 19 heavy (non-hydrogen) atoms. The molecule has 1 unspecified atom stereocenters. The highest BCUT2D eigenvalue weighted by Crippen LogP contribution is 2.39. The van der Waals surface area contributed by atoms with Crippen LogP contribution in [-0.2, 0) is 9.59 Å². The monoisotopic (exact) mass is 280 g/mol. The van der Waals surface area contributed by atoms with Gasteiger partial charge in [-0.3, -0.25) is 14.9 Å². The van der Waals surface area contributed by atoms with Gasteiger partial charge in [-0.05, 0) is 19.8 Å². The van der Waals surface area contributed by atoms with E-state index in [0.29, 0.717) is 22.7 Å². The minimum Gasteiger partial charge on any atom is -0.335 e. The predicted octanol–water partition coefficient (Wildman–Crippen LogP) is 0.859. The van der Waals surface area contributed by atoms with Gasteiger partial charge in [-0.15, -0.1) is 0 Å². The molecule has 2 heterocycles. The standard InChI is InChI=1S/C12H13ClN4O2/c1-6-12(19)16-10(18)5-17(6)9-4-8(13)14-11(15-9)7-2-3-7/h4,6-7H,2-3,5H2,1H3,(H,16,18,19). The SMILES string of the molecule is CC1C(=O)NC(=O)CN1c1cc(Cl)nc(C2CC2)n1. The van der Waals surface area contributed by atoms with Crippen molar-refractivity contribution in [3.63, 3.8) is 0 Å². The second-order valence-corrected chi connectivity index (χ2v) is 5.28. The fourth-order valence-corrected chi connectivity index (χ4v) is 2.27. The van der Waals surface area contributed by atoms with E-state index in [9.17, 15) is 9.59 Å². The summed E-state index contributed by atoms with van der Waals surface area (Å²) >= 11 is 6.00. The van der Waals surface area contributed by atoms with Crippen LogP contribution in [0.25, 0.3) is 0 Å². The average Bonchev–Trinajstić information content (AvgIpc) is 3.17. The van der Waals surface area contributed by atoms with Crippen LogP contribution in [0.15, 0.2) is 6.07 Å². The second kappa shape index (κ2) is 4.45. The van der Waals surface area contributed by atoms with Crippen molar-refractivity contribution in [2.75, 3.05) is 11.4 Å². The summed E-state index contributed by atoms with van der Waals surface area (Å²) in [5.41, 5.74) is 0. The number of imide groups is 1. The van der Waals surface area contributed by atoms with Crippen molar-refractivity contribution in [3.05, 3.63) is 17.0 Å². The molecule has 1 saturated carbocycles. The number of hydrogen-bond acceptors (Lipinski definition) is 5. The number of rotatable bonds is 2. The molecule has 2 amide bonds. The Hall–Kier alpha value is -1.69. The van der Waals surface area contributed by atoms with Gasteiger partial charge in [-0.1, -0.05) is 11.6 Å². The molecule has 1 aliphatic carbocycles. The number of nitrogens with one attached hydrogen (secondary N) is 1. The summed E-state index contributed by atoms with van der Waals surface area (Å²) in [6, 6.07) is 1.14. The summed E-state index contributed by atoms with van der Waals surface area (Å²) in [5.74, 6) is 0.956. The molecule has 1 saturated heterocycles. The maximum absolute atomic E-state index is 11.7. The quantitative estimate of drug-likeness (QED) is 0.642. The van der Waals surface area contributed by atoms with Crippen LogP contribution in [0.3, 0.4) is 0 Å². The van der Waals surface area contributed by atoms with Crippen molar-refractivity contribution in [2.45, 2.75) is 31.7 Å². The van der Waals surface area contributed by atoms with Gasteiger partial charge in [0, 0.05) is 12.0 Å². The van der Waals surface area contributed by atoms with E-state index in [1.807, 2.05) is 0 Å². The summed E-state index contributed by atoms with van der Waals surface area (Å²) in [6.07, 6.45) is 2.13. The smallest absolute Gasteiger partial charge is 0.249 e. The first-order valence-corrected chi connectivity index (χ1v) is 6.57. The van der Waals surface area contributed by atoms with Gasteiger partial charge in [0.25, 0.3) is 0 Å². The van der Waals surface area contributed by atoms with E-state index >= 15 is 0 Å². The molecular formula is C12H13ClN4O2. The van der Waals surface area contributed by atoms with E-state index < -0.39 is 6.04 Å². The summed E-state index contributed by atoms with van der Waals surface area (Å²) in [6.45, 7) is 1.83. The number of aromatic nitrogens is 2. The third-order valence-electron chi connectivity index (χ3n) is 3.36. The lowest BCUT2D eigenvalue weighted by atomic mass is 10.2. The van der Waals surface area contributed by atoms with Gasteiger partial charge >= 0.3 is 0 Å². The Morgan fingerprint density at radius 3 is 2.79 bits per heavy atom. The maximum atomic E-state index is 11.7. The van der Waals surface area contributed by atoms with Gasteiger partial charge in [0.1, 0.15) is 22.8 Å². The van der Waals surface area contributed by atoms with E-state index in [1.165, 1.54) is 0 Å². The number of nitrogens with zero attached hydrogens (tertiary/aromatic N) is 3. The topological polar surface area (TPSA) is 75.2 Å². The molecule has 1 aliphatic heterocycles. The van der Waals surface area contributed by atoms with Gasteiger partial charge in [0.05, 0.1) is 6.54 Å². The van der Waals surface area contributed by atoms with Crippen molar-refractivity contribution in [1.29, 1.82) is 0 Å². The summed E-state index contributed by atoms with van der Waals surface area (Å²) in [4.78, 5) is 33.4. The number of carbonyl (C=O) groups is 2. The molecular weight excluding hydrogens is 268 g/mol. The van der Waals surface area contributed by atoms with Crippen molar-refractivity contribution in [3.8, 4) is 0 Å². The molecule has 0 aromatic carbocycles. The third kappa shape index (κ3) is 2.40. The van der Waals surface area contributed by atoms with Crippen molar-refractivity contribution >= 4 is 29.2 Å². The number of amides is 2. The molecule has 1 N–H and O–H groups in total. The molecule has 0 radical (unpaired) electrons. The first-order chi connectivity index (χ1) is 9.04. The zero-order valence-electron chi connectivity index (χ0n) is 10.4. The highest BCUT2D eigenvalue weighted by molar-refractivity contribution is 6.29. The van der Waals surface area contributed by atoms with Crippen molar-refractivity contribution < 1.29 is 9.59 Å². The molecule has 7 heteroatoms. The number of anilines is 1. The zero-order valence-corrected chi connectivity index (χ0v) is 11.1. The van der Waals surface area contributed by atoms with Crippen LogP contribution >= 0.6 is 11.6 Å². The van der Waals surface area contributed by atoms with E-state index in [1.54, 1.807) is 17.9 Å². The molecule has 0 bridgehead atoms. The highest BCUT2D eigenvalue weighted by atomic mass is 35.5.